The number of amides is 1. The molecule has 2 aromatic rings. The fourth-order valence-corrected chi connectivity index (χ4v) is 3.03. The van der Waals surface area contributed by atoms with Crippen LogP contribution in [0.5, 0.6) is 0 Å². The Hall–Kier alpha value is -2.70. The smallest absolute Gasteiger partial charge is 0.308 e. The summed E-state index contributed by atoms with van der Waals surface area (Å²) in [7, 11) is 0. The van der Waals surface area contributed by atoms with Crippen molar-refractivity contribution in [3.8, 4) is 11.4 Å². The largest absolute Gasteiger partial charge is 0.481 e. The molecule has 1 saturated heterocycles. The summed E-state index contributed by atoms with van der Waals surface area (Å²) in [5.74, 6) is 0.674. The van der Waals surface area contributed by atoms with Crippen molar-refractivity contribution in [2.24, 2.45) is 5.92 Å². The van der Waals surface area contributed by atoms with Gasteiger partial charge in [-0.2, -0.15) is 5.10 Å². The topological polar surface area (TPSA) is 99.2 Å². The zero-order valence-corrected chi connectivity index (χ0v) is 13.1. The van der Waals surface area contributed by atoms with Crippen molar-refractivity contribution in [2.45, 2.75) is 25.2 Å². The number of carboxylic acids is 1. The first-order chi connectivity index (χ1) is 11.6. The number of nitrogens with one attached hydrogen (secondary N) is 1. The van der Waals surface area contributed by atoms with Crippen molar-refractivity contribution in [2.75, 3.05) is 13.1 Å². The van der Waals surface area contributed by atoms with Crippen LogP contribution in [0.15, 0.2) is 24.3 Å². The fraction of sp³-hybridized carbons (Fsp3) is 0.412. The van der Waals surface area contributed by atoms with Crippen molar-refractivity contribution in [1.82, 2.24) is 20.1 Å². The Kier molecular flexibility index (Phi) is 3.55. The van der Waals surface area contributed by atoms with Gasteiger partial charge in [0.1, 0.15) is 5.82 Å². The quantitative estimate of drug-likeness (QED) is 0.894. The number of aromatic nitrogens is 3. The molecule has 1 saturated carbocycles. The van der Waals surface area contributed by atoms with Crippen LogP contribution in [0.2, 0.25) is 0 Å². The molecule has 7 heteroatoms. The Morgan fingerprint density at radius 3 is 2.54 bits per heavy atom. The lowest BCUT2D eigenvalue weighted by Gasteiger charge is -2.15. The predicted molar refractivity (Wildman–Crippen MR) is 85.4 cm³/mol. The SMILES string of the molecule is O=C(O)C1CCN(C(=O)c2ccc(-c3n[nH]c(C4CC4)n3)cc2)C1. The third-order valence-electron chi connectivity index (χ3n) is 4.68. The highest BCUT2D eigenvalue weighted by molar-refractivity contribution is 5.95. The minimum Gasteiger partial charge on any atom is -0.481 e. The monoisotopic (exact) mass is 326 g/mol. The summed E-state index contributed by atoms with van der Waals surface area (Å²) in [5.41, 5.74) is 1.42. The maximum absolute atomic E-state index is 12.5. The first-order valence-corrected chi connectivity index (χ1v) is 8.16. The molecule has 2 fully saturated rings. The molecule has 1 aliphatic carbocycles. The lowest BCUT2D eigenvalue weighted by molar-refractivity contribution is -0.141. The average molecular weight is 326 g/mol. The first-order valence-electron chi connectivity index (χ1n) is 8.16. The van der Waals surface area contributed by atoms with Crippen molar-refractivity contribution >= 4 is 11.9 Å². The van der Waals surface area contributed by atoms with Crippen LogP contribution in [0.3, 0.4) is 0 Å². The van der Waals surface area contributed by atoms with Gasteiger partial charge in [-0.15, -0.1) is 0 Å². The molecule has 1 aliphatic heterocycles. The second-order valence-corrected chi connectivity index (χ2v) is 6.47. The minimum absolute atomic E-state index is 0.126. The molecule has 1 aromatic heterocycles. The van der Waals surface area contributed by atoms with E-state index in [0.29, 0.717) is 30.3 Å². The van der Waals surface area contributed by atoms with Crippen molar-refractivity contribution in [3.05, 3.63) is 35.7 Å². The van der Waals surface area contributed by atoms with Gasteiger partial charge in [0, 0.05) is 30.1 Å². The molecule has 1 amide bonds. The van der Waals surface area contributed by atoms with Gasteiger partial charge in [0.25, 0.3) is 5.91 Å². The highest BCUT2D eigenvalue weighted by atomic mass is 16.4. The van der Waals surface area contributed by atoms with Crippen molar-refractivity contribution < 1.29 is 14.7 Å². The van der Waals surface area contributed by atoms with E-state index in [9.17, 15) is 9.59 Å². The normalized spacial score (nSPS) is 20.3. The summed E-state index contributed by atoms with van der Waals surface area (Å²) in [5, 5.41) is 16.2. The highest BCUT2D eigenvalue weighted by Gasteiger charge is 2.31. The molecule has 0 radical (unpaired) electrons. The molecule has 24 heavy (non-hydrogen) atoms. The van der Waals surface area contributed by atoms with E-state index in [-0.39, 0.29) is 12.5 Å². The van der Waals surface area contributed by atoms with Crippen LogP contribution in [-0.4, -0.2) is 50.2 Å². The van der Waals surface area contributed by atoms with Gasteiger partial charge in [-0.25, -0.2) is 4.98 Å². The van der Waals surface area contributed by atoms with Crippen LogP contribution in [-0.2, 0) is 4.79 Å². The molecule has 1 atom stereocenters. The number of rotatable bonds is 4. The number of carboxylic acid groups (broad SMARTS) is 1. The standard InChI is InChI=1S/C17H18N4O3/c22-16(21-8-7-13(9-21)17(23)24)12-5-3-11(4-6-12)15-18-14(19-20-15)10-1-2-10/h3-6,10,13H,1-2,7-9H2,(H,23,24)(H,18,19,20). The Morgan fingerprint density at radius 2 is 1.92 bits per heavy atom. The van der Waals surface area contributed by atoms with Gasteiger partial charge in [0.15, 0.2) is 5.82 Å². The highest BCUT2D eigenvalue weighted by Crippen LogP contribution is 2.38. The van der Waals surface area contributed by atoms with Crippen molar-refractivity contribution in [3.63, 3.8) is 0 Å². The van der Waals surface area contributed by atoms with Gasteiger partial charge in [-0.05, 0) is 31.4 Å². The Balaban J connectivity index is 1.47. The van der Waals surface area contributed by atoms with Crippen LogP contribution >= 0.6 is 0 Å². The van der Waals surface area contributed by atoms with Gasteiger partial charge >= 0.3 is 5.97 Å². The zero-order chi connectivity index (χ0) is 16.7. The summed E-state index contributed by atoms with van der Waals surface area (Å²) in [4.78, 5) is 29.6. The molecule has 1 aromatic carbocycles. The maximum Gasteiger partial charge on any atom is 0.308 e. The van der Waals surface area contributed by atoms with Crippen LogP contribution in [0.25, 0.3) is 11.4 Å². The van der Waals surface area contributed by atoms with Crippen LogP contribution < -0.4 is 0 Å². The number of aliphatic carboxylic acids is 1. The van der Waals surface area contributed by atoms with E-state index in [2.05, 4.69) is 15.2 Å². The summed E-state index contributed by atoms with van der Waals surface area (Å²) in [6.07, 6.45) is 2.84. The van der Waals surface area contributed by atoms with Gasteiger partial charge in [-0.1, -0.05) is 12.1 Å². The molecule has 124 valence electrons. The summed E-state index contributed by atoms with van der Waals surface area (Å²) < 4.78 is 0. The second-order valence-electron chi connectivity index (χ2n) is 6.47. The Morgan fingerprint density at radius 1 is 1.17 bits per heavy atom. The van der Waals surface area contributed by atoms with E-state index in [1.165, 1.54) is 0 Å². The number of hydrogen-bond donors (Lipinski definition) is 2. The number of carbonyl (C=O) groups excluding carboxylic acids is 1. The summed E-state index contributed by atoms with van der Waals surface area (Å²) in [6.45, 7) is 0.769. The molecule has 0 spiro atoms. The van der Waals surface area contributed by atoms with Crippen molar-refractivity contribution in [1.29, 1.82) is 0 Å². The van der Waals surface area contributed by atoms with E-state index in [0.717, 1.165) is 24.2 Å². The van der Waals surface area contributed by atoms with Crippen LogP contribution in [0, 0.1) is 5.92 Å². The number of carbonyl (C=O) groups is 2. The number of likely N-dealkylation sites (tertiary alicyclic amines) is 1. The second kappa shape index (κ2) is 5.74. The lowest BCUT2D eigenvalue weighted by Crippen LogP contribution is -2.29. The predicted octanol–water partition coefficient (Wildman–Crippen LogP) is 1.90. The molecule has 0 bridgehead atoms. The third kappa shape index (κ3) is 2.77. The van der Waals surface area contributed by atoms with Gasteiger partial charge < -0.3 is 10.0 Å². The summed E-state index contributed by atoms with van der Waals surface area (Å²) >= 11 is 0. The molecule has 1 unspecified atom stereocenters. The molecule has 4 rings (SSSR count). The molecule has 2 aliphatic rings. The van der Waals surface area contributed by atoms with Gasteiger partial charge in [0.2, 0.25) is 0 Å². The number of benzene rings is 1. The fourth-order valence-electron chi connectivity index (χ4n) is 3.03. The van der Waals surface area contributed by atoms with Gasteiger partial charge in [-0.3, -0.25) is 14.7 Å². The van der Waals surface area contributed by atoms with E-state index >= 15 is 0 Å². The Labute approximate surface area is 138 Å². The number of hydrogen-bond acceptors (Lipinski definition) is 4. The zero-order valence-electron chi connectivity index (χ0n) is 13.1. The lowest BCUT2D eigenvalue weighted by atomic mass is 10.1. The van der Waals surface area contributed by atoms with E-state index in [1.807, 2.05) is 12.1 Å². The van der Waals surface area contributed by atoms with Crippen LogP contribution in [0.1, 0.15) is 41.4 Å². The van der Waals surface area contributed by atoms with E-state index in [1.54, 1.807) is 17.0 Å². The third-order valence-corrected chi connectivity index (χ3v) is 4.68. The Bertz CT molecular complexity index is 779. The number of aromatic amines is 1. The molecular weight excluding hydrogens is 308 g/mol. The molecule has 7 nitrogen and oxygen atoms in total. The number of nitrogens with zero attached hydrogens (tertiary/aromatic N) is 3. The number of H-pyrrole nitrogens is 1. The molecule has 2 N–H and O–H groups in total. The van der Waals surface area contributed by atoms with E-state index in [4.69, 9.17) is 5.11 Å². The summed E-state index contributed by atoms with van der Waals surface area (Å²) in [6, 6.07) is 7.16. The van der Waals surface area contributed by atoms with Crippen LogP contribution in [0.4, 0.5) is 0 Å². The first kappa shape index (κ1) is 14.9. The molecule has 2 heterocycles. The van der Waals surface area contributed by atoms with Gasteiger partial charge in [0.05, 0.1) is 5.92 Å². The molecular formula is C17H18N4O3. The average Bonchev–Trinajstić information content (AvgIpc) is 3.13. The van der Waals surface area contributed by atoms with E-state index < -0.39 is 11.9 Å². The maximum atomic E-state index is 12.5. The minimum atomic E-state index is -0.836.